The van der Waals surface area contributed by atoms with E-state index in [1.54, 1.807) is 0 Å². The third kappa shape index (κ3) is 3.33. The zero-order chi connectivity index (χ0) is 21.0. The van der Waals surface area contributed by atoms with Crippen LogP contribution in [0.2, 0.25) is 0 Å². The zero-order valence-corrected chi connectivity index (χ0v) is 18.5. The van der Waals surface area contributed by atoms with Crippen molar-refractivity contribution in [1.82, 2.24) is 0 Å². The quantitative estimate of drug-likeness (QED) is 0.564. The lowest BCUT2D eigenvalue weighted by molar-refractivity contribution is -0.156. The summed E-state index contributed by atoms with van der Waals surface area (Å²) in [7, 11) is 0. The van der Waals surface area contributed by atoms with Gasteiger partial charge in [-0.15, -0.1) is 0 Å². The van der Waals surface area contributed by atoms with Gasteiger partial charge in [-0.1, -0.05) is 33.6 Å². The lowest BCUT2D eigenvalue weighted by Crippen LogP contribution is -2.53. The molecular formula is C25H40O4. The van der Waals surface area contributed by atoms with Gasteiger partial charge in [-0.2, -0.15) is 0 Å². The van der Waals surface area contributed by atoms with E-state index < -0.39 is 17.9 Å². The van der Waals surface area contributed by atoms with E-state index >= 15 is 0 Å². The molecule has 4 heteroatoms. The minimum absolute atomic E-state index is 0.153. The topological polar surface area (TPSA) is 74.6 Å². The van der Waals surface area contributed by atoms with Crippen molar-refractivity contribution < 1.29 is 19.8 Å². The lowest BCUT2D eigenvalue weighted by Gasteiger charge is -2.61. The maximum Gasteiger partial charge on any atom is 0.317 e. The number of carboxylic acids is 2. The van der Waals surface area contributed by atoms with Crippen molar-refractivity contribution in [1.29, 1.82) is 0 Å². The summed E-state index contributed by atoms with van der Waals surface area (Å²) < 4.78 is 0. The minimum Gasteiger partial charge on any atom is -0.481 e. The van der Waals surface area contributed by atoms with Crippen LogP contribution in [0.1, 0.15) is 91.4 Å². The highest BCUT2D eigenvalue weighted by Gasteiger charge is 2.60. The molecule has 0 heterocycles. The van der Waals surface area contributed by atoms with Crippen LogP contribution in [-0.2, 0) is 9.59 Å². The van der Waals surface area contributed by atoms with E-state index in [4.69, 9.17) is 0 Å². The molecule has 5 unspecified atom stereocenters. The number of carboxylic acid groups (broad SMARTS) is 2. The van der Waals surface area contributed by atoms with Crippen LogP contribution in [0.15, 0.2) is 0 Å². The number of aliphatic carboxylic acids is 2. The molecule has 2 N–H and O–H groups in total. The zero-order valence-electron chi connectivity index (χ0n) is 18.5. The first-order valence-corrected chi connectivity index (χ1v) is 12.1. The van der Waals surface area contributed by atoms with Crippen LogP contribution in [0.3, 0.4) is 0 Å². The third-order valence-electron chi connectivity index (χ3n) is 10.5. The van der Waals surface area contributed by atoms with E-state index in [1.165, 1.54) is 57.8 Å². The molecule has 0 spiro atoms. The van der Waals surface area contributed by atoms with E-state index in [0.717, 1.165) is 30.1 Å². The molecule has 164 valence electrons. The molecule has 0 saturated heterocycles. The van der Waals surface area contributed by atoms with Crippen molar-refractivity contribution in [3.63, 3.8) is 0 Å². The summed E-state index contributed by atoms with van der Waals surface area (Å²) in [5.41, 5.74) is 0.809. The maximum absolute atomic E-state index is 11.4. The predicted octanol–water partition coefficient (Wildman–Crippen LogP) is 5.85. The summed E-state index contributed by atoms with van der Waals surface area (Å²) in [6.45, 7) is 7.19. The minimum atomic E-state index is -1.26. The van der Waals surface area contributed by atoms with Crippen LogP contribution in [0, 0.1) is 52.3 Å². The Bertz CT molecular complexity index is 645. The number of hydrogen-bond acceptors (Lipinski definition) is 2. The van der Waals surface area contributed by atoms with Gasteiger partial charge in [0.25, 0.3) is 0 Å². The Morgan fingerprint density at radius 1 is 0.862 bits per heavy atom. The molecule has 0 aromatic rings. The molecule has 4 rings (SSSR count). The van der Waals surface area contributed by atoms with Gasteiger partial charge in [0.05, 0.1) is 0 Å². The van der Waals surface area contributed by atoms with Crippen LogP contribution in [-0.4, -0.2) is 22.2 Å². The van der Waals surface area contributed by atoms with Crippen molar-refractivity contribution in [2.75, 3.05) is 0 Å². The molecule has 0 amide bonds. The van der Waals surface area contributed by atoms with E-state index in [0.29, 0.717) is 11.3 Å². The highest BCUT2D eigenvalue weighted by Crippen LogP contribution is 2.68. The number of carbonyl (C=O) groups is 2. The van der Waals surface area contributed by atoms with Gasteiger partial charge in [0.2, 0.25) is 0 Å². The molecule has 0 radical (unpaired) electrons. The fourth-order valence-electron chi connectivity index (χ4n) is 9.11. The molecule has 4 fully saturated rings. The average Bonchev–Trinajstić information content (AvgIpc) is 3.02. The highest BCUT2D eigenvalue weighted by atomic mass is 16.4. The largest absolute Gasteiger partial charge is 0.481 e. The highest BCUT2D eigenvalue weighted by molar-refractivity contribution is 5.92. The molecule has 0 aliphatic heterocycles. The van der Waals surface area contributed by atoms with Crippen LogP contribution in [0.25, 0.3) is 0 Å². The van der Waals surface area contributed by atoms with Crippen LogP contribution in [0.4, 0.5) is 0 Å². The fourth-order valence-corrected chi connectivity index (χ4v) is 9.11. The first-order valence-electron chi connectivity index (χ1n) is 12.1. The van der Waals surface area contributed by atoms with Gasteiger partial charge in [0.15, 0.2) is 5.92 Å². The molecule has 4 nitrogen and oxygen atoms in total. The van der Waals surface area contributed by atoms with Crippen molar-refractivity contribution >= 4 is 11.9 Å². The molecule has 4 aliphatic rings. The monoisotopic (exact) mass is 404 g/mol. The Morgan fingerprint density at radius 2 is 1.55 bits per heavy atom. The molecular weight excluding hydrogens is 364 g/mol. The molecule has 29 heavy (non-hydrogen) atoms. The van der Waals surface area contributed by atoms with E-state index in [2.05, 4.69) is 20.8 Å². The van der Waals surface area contributed by atoms with Gasteiger partial charge >= 0.3 is 11.9 Å². The van der Waals surface area contributed by atoms with E-state index in [9.17, 15) is 19.8 Å². The van der Waals surface area contributed by atoms with Gasteiger partial charge in [0, 0.05) is 0 Å². The molecule has 0 aromatic carbocycles. The van der Waals surface area contributed by atoms with Gasteiger partial charge in [-0.05, 0) is 104 Å². The number of fused-ring (bicyclic) bond motifs is 5. The van der Waals surface area contributed by atoms with Gasteiger partial charge in [-0.3, -0.25) is 9.59 Å². The summed E-state index contributed by atoms with van der Waals surface area (Å²) in [6.07, 6.45) is 13.7. The summed E-state index contributed by atoms with van der Waals surface area (Å²) in [5.74, 6) is 0.381. The molecule has 0 bridgehead atoms. The van der Waals surface area contributed by atoms with Gasteiger partial charge in [0.1, 0.15) is 0 Å². The Labute approximate surface area is 175 Å². The second-order valence-electron chi connectivity index (χ2n) is 11.6. The van der Waals surface area contributed by atoms with Crippen molar-refractivity contribution in [2.24, 2.45) is 52.3 Å². The molecule has 4 aliphatic carbocycles. The summed E-state index contributed by atoms with van der Waals surface area (Å²) in [6, 6.07) is 0. The predicted molar refractivity (Wildman–Crippen MR) is 112 cm³/mol. The maximum atomic E-state index is 11.4. The fraction of sp³-hybridized carbons (Fsp3) is 0.920. The van der Waals surface area contributed by atoms with Gasteiger partial charge < -0.3 is 10.2 Å². The van der Waals surface area contributed by atoms with E-state index in [1.807, 2.05) is 0 Å². The first-order chi connectivity index (χ1) is 13.7. The first kappa shape index (κ1) is 21.2. The summed E-state index contributed by atoms with van der Waals surface area (Å²) in [4.78, 5) is 22.9. The van der Waals surface area contributed by atoms with Crippen LogP contribution < -0.4 is 0 Å². The Hall–Kier alpha value is -1.06. The average molecular weight is 405 g/mol. The Kier molecular flexibility index (Phi) is 5.53. The Balaban J connectivity index is 1.52. The Morgan fingerprint density at radius 3 is 2.24 bits per heavy atom. The molecule has 0 aromatic heterocycles. The molecule has 4 saturated carbocycles. The van der Waals surface area contributed by atoms with E-state index in [-0.39, 0.29) is 17.8 Å². The van der Waals surface area contributed by atoms with Gasteiger partial charge in [-0.25, -0.2) is 0 Å². The van der Waals surface area contributed by atoms with Crippen LogP contribution >= 0.6 is 0 Å². The summed E-state index contributed by atoms with van der Waals surface area (Å²) >= 11 is 0. The number of hydrogen-bond donors (Lipinski definition) is 2. The second-order valence-corrected chi connectivity index (χ2v) is 11.6. The smallest absolute Gasteiger partial charge is 0.317 e. The SMILES string of the molecule is CC(CC(C(=O)O)C(=O)O)C1CCC2C3CC[C@@H]4CCCC[C@]4(C)C3CC[C@]12C. The second kappa shape index (κ2) is 7.57. The lowest BCUT2D eigenvalue weighted by atomic mass is 9.44. The van der Waals surface area contributed by atoms with Crippen molar-refractivity contribution in [2.45, 2.75) is 91.4 Å². The van der Waals surface area contributed by atoms with Crippen molar-refractivity contribution in [3.05, 3.63) is 0 Å². The third-order valence-corrected chi connectivity index (χ3v) is 10.5. The molecule has 8 atom stereocenters. The standard InChI is InChI=1S/C25H40O4/c1-15(14-18(22(26)27)23(28)29)19-9-10-20-17-8-7-16-6-4-5-12-24(16,2)21(17)11-13-25(19,20)3/h15-21H,4-14H2,1-3H3,(H,26,27)(H,28,29)/t15?,16-,17?,19?,20?,21?,24-,25+/m0/s1. The normalized spacial score (nSPS) is 45.2. The summed E-state index contributed by atoms with van der Waals surface area (Å²) in [5, 5.41) is 18.7. The number of rotatable bonds is 5. The van der Waals surface area contributed by atoms with Crippen molar-refractivity contribution in [3.8, 4) is 0 Å². The van der Waals surface area contributed by atoms with Crippen LogP contribution in [0.5, 0.6) is 0 Å².